The van der Waals surface area contributed by atoms with Gasteiger partial charge in [-0.25, -0.2) is 15.0 Å². The van der Waals surface area contributed by atoms with Crippen molar-refractivity contribution in [3.05, 3.63) is 65.1 Å². The van der Waals surface area contributed by atoms with Gasteiger partial charge in [0.1, 0.15) is 12.3 Å². The summed E-state index contributed by atoms with van der Waals surface area (Å²) in [4.78, 5) is 18.6. The third-order valence-electron chi connectivity index (χ3n) is 5.04. The highest BCUT2D eigenvalue weighted by Crippen LogP contribution is 2.34. The molecule has 31 heavy (non-hydrogen) atoms. The number of ether oxygens (including phenoxy) is 1. The van der Waals surface area contributed by atoms with Crippen LogP contribution in [0.4, 0.5) is 5.69 Å². The van der Waals surface area contributed by atoms with Crippen LogP contribution in [0.3, 0.4) is 0 Å². The minimum Gasteiger partial charge on any atom is -0.398 e. The Morgan fingerprint density at radius 1 is 1.03 bits per heavy atom. The normalized spacial score (nSPS) is 11.4. The number of nitrogens with zero attached hydrogens (tertiary/aromatic N) is 4. The van der Waals surface area contributed by atoms with Gasteiger partial charge in [0.25, 0.3) is 0 Å². The third-order valence-corrected chi connectivity index (χ3v) is 5.35. The minimum absolute atomic E-state index is 0.291. The fraction of sp³-hybridized carbons (Fsp3) is 0.250. The van der Waals surface area contributed by atoms with Crippen LogP contribution in [-0.4, -0.2) is 26.5 Å². The Bertz CT molecular complexity index is 1240. The first kappa shape index (κ1) is 21.2. The Labute approximate surface area is 186 Å². The van der Waals surface area contributed by atoms with Crippen LogP contribution in [0.1, 0.15) is 38.1 Å². The van der Waals surface area contributed by atoms with Crippen molar-refractivity contribution in [3.8, 4) is 22.6 Å². The van der Waals surface area contributed by atoms with Crippen LogP contribution < -0.4 is 5.73 Å². The average Bonchev–Trinajstić information content (AvgIpc) is 2.77. The largest absolute Gasteiger partial charge is 0.398 e. The molecule has 0 bridgehead atoms. The molecule has 0 atom stereocenters. The predicted molar refractivity (Wildman–Crippen MR) is 125 cm³/mol. The molecule has 0 saturated carbocycles. The van der Waals surface area contributed by atoms with Crippen molar-refractivity contribution in [2.45, 2.75) is 33.3 Å². The Balaban J connectivity index is 1.94. The maximum Gasteiger partial charge on any atom is 0.164 e. The van der Waals surface area contributed by atoms with Crippen molar-refractivity contribution in [2.75, 3.05) is 12.3 Å². The molecule has 158 valence electrons. The molecule has 3 heterocycles. The van der Waals surface area contributed by atoms with Crippen molar-refractivity contribution in [3.63, 3.8) is 0 Å². The monoisotopic (exact) mass is 433 g/mol. The quantitative estimate of drug-likeness (QED) is 0.395. The molecular formula is C24H24ClN5O. The molecule has 0 aliphatic heterocycles. The Kier molecular flexibility index (Phi) is 6.11. The number of halogens is 1. The number of nitrogens with two attached hydrogens (primary N) is 1. The van der Waals surface area contributed by atoms with Crippen LogP contribution >= 0.6 is 11.6 Å². The molecule has 0 fully saturated rings. The summed E-state index contributed by atoms with van der Waals surface area (Å²) in [6.07, 6.45) is 1.69. The van der Waals surface area contributed by atoms with Crippen LogP contribution in [0.15, 0.2) is 48.7 Å². The zero-order valence-electron chi connectivity index (χ0n) is 17.8. The van der Waals surface area contributed by atoms with Crippen LogP contribution in [0, 0.1) is 0 Å². The molecule has 4 aromatic rings. The summed E-state index contributed by atoms with van der Waals surface area (Å²) >= 11 is 6.33. The zero-order valence-corrected chi connectivity index (χ0v) is 18.5. The molecule has 0 spiro atoms. The van der Waals surface area contributed by atoms with Crippen molar-refractivity contribution in [2.24, 2.45) is 0 Å². The topological polar surface area (TPSA) is 86.8 Å². The van der Waals surface area contributed by atoms with E-state index in [0.29, 0.717) is 52.7 Å². The Hall–Kier alpha value is -3.09. The maximum atomic E-state index is 6.36. The highest BCUT2D eigenvalue weighted by Gasteiger charge is 2.16. The summed E-state index contributed by atoms with van der Waals surface area (Å²) < 4.78 is 5.57. The molecule has 0 radical (unpaired) electrons. The van der Waals surface area contributed by atoms with E-state index < -0.39 is 0 Å². The van der Waals surface area contributed by atoms with Gasteiger partial charge in [0.2, 0.25) is 0 Å². The van der Waals surface area contributed by atoms with Crippen molar-refractivity contribution < 1.29 is 4.74 Å². The maximum absolute atomic E-state index is 6.36. The number of pyridine rings is 2. The number of rotatable bonds is 6. The smallest absolute Gasteiger partial charge is 0.164 e. The van der Waals surface area contributed by atoms with E-state index in [1.54, 1.807) is 18.3 Å². The second kappa shape index (κ2) is 8.96. The number of nitrogen functional groups attached to an aromatic ring is 1. The molecule has 1 aromatic carbocycles. The molecule has 0 aliphatic carbocycles. The fourth-order valence-corrected chi connectivity index (χ4v) is 3.58. The molecule has 2 N–H and O–H groups in total. The van der Waals surface area contributed by atoms with E-state index in [0.717, 1.165) is 16.6 Å². The number of hydrogen-bond acceptors (Lipinski definition) is 6. The minimum atomic E-state index is 0.291. The molecule has 7 heteroatoms. The number of aromatic nitrogens is 4. The van der Waals surface area contributed by atoms with Gasteiger partial charge < -0.3 is 10.5 Å². The second-order valence-corrected chi connectivity index (χ2v) is 7.94. The zero-order chi connectivity index (χ0) is 22.0. The molecule has 0 saturated heterocycles. The van der Waals surface area contributed by atoms with Crippen LogP contribution in [0.2, 0.25) is 5.02 Å². The van der Waals surface area contributed by atoms with Gasteiger partial charge in [-0.3, -0.25) is 4.98 Å². The molecule has 0 unspecified atom stereocenters. The van der Waals surface area contributed by atoms with Gasteiger partial charge in [0.15, 0.2) is 11.5 Å². The SMILES string of the molecule is CCOCc1nc(-c2cc(C(C)C)ccc2N)c2ccc(-c3ncccc3Cl)nc2n1. The number of fused-ring (bicyclic) bond motifs is 1. The first-order chi connectivity index (χ1) is 15.0. The van der Waals surface area contributed by atoms with E-state index in [1.807, 2.05) is 31.2 Å². The van der Waals surface area contributed by atoms with Crippen LogP contribution in [-0.2, 0) is 11.3 Å². The van der Waals surface area contributed by atoms with Gasteiger partial charge in [-0.2, -0.15) is 0 Å². The Morgan fingerprint density at radius 2 is 1.87 bits per heavy atom. The van der Waals surface area contributed by atoms with Gasteiger partial charge in [-0.15, -0.1) is 0 Å². The van der Waals surface area contributed by atoms with Crippen LogP contribution in [0.5, 0.6) is 0 Å². The van der Waals surface area contributed by atoms with Crippen molar-refractivity contribution >= 4 is 28.3 Å². The van der Waals surface area contributed by atoms with Gasteiger partial charge >= 0.3 is 0 Å². The van der Waals surface area contributed by atoms with Gasteiger partial charge in [0.05, 0.1) is 16.4 Å². The summed E-state index contributed by atoms with van der Waals surface area (Å²) in [7, 11) is 0. The molecular weight excluding hydrogens is 410 g/mol. The van der Waals surface area contributed by atoms with E-state index in [2.05, 4.69) is 29.9 Å². The first-order valence-electron chi connectivity index (χ1n) is 10.2. The van der Waals surface area contributed by atoms with Gasteiger partial charge in [-0.1, -0.05) is 31.5 Å². The van der Waals surface area contributed by atoms with Crippen molar-refractivity contribution in [1.29, 1.82) is 0 Å². The average molecular weight is 434 g/mol. The lowest BCUT2D eigenvalue weighted by Crippen LogP contribution is -2.05. The van der Waals surface area contributed by atoms with E-state index in [1.165, 1.54) is 5.56 Å². The summed E-state index contributed by atoms with van der Waals surface area (Å²) in [5.41, 5.74) is 11.6. The summed E-state index contributed by atoms with van der Waals surface area (Å²) in [6.45, 7) is 7.10. The number of benzene rings is 1. The summed E-state index contributed by atoms with van der Waals surface area (Å²) in [5.74, 6) is 0.918. The Morgan fingerprint density at radius 3 is 2.61 bits per heavy atom. The highest BCUT2D eigenvalue weighted by atomic mass is 35.5. The molecule has 0 amide bonds. The third kappa shape index (κ3) is 4.36. The molecule has 4 rings (SSSR count). The van der Waals surface area contributed by atoms with E-state index in [4.69, 9.17) is 32.0 Å². The van der Waals surface area contributed by atoms with E-state index in [9.17, 15) is 0 Å². The second-order valence-electron chi connectivity index (χ2n) is 7.53. The van der Waals surface area contributed by atoms with Crippen molar-refractivity contribution in [1.82, 2.24) is 19.9 Å². The lowest BCUT2D eigenvalue weighted by atomic mass is 9.97. The fourth-order valence-electron chi connectivity index (χ4n) is 3.36. The highest BCUT2D eigenvalue weighted by molar-refractivity contribution is 6.32. The molecule has 0 aliphatic rings. The number of anilines is 1. The predicted octanol–water partition coefficient (Wildman–Crippen LogP) is 5.65. The summed E-state index contributed by atoms with van der Waals surface area (Å²) in [5, 5.41) is 1.34. The molecule has 6 nitrogen and oxygen atoms in total. The van der Waals surface area contributed by atoms with E-state index in [-0.39, 0.29) is 0 Å². The lowest BCUT2D eigenvalue weighted by molar-refractivity contribution is 0.128. The standard InChI is InChI=1S/C24H24ClN5O/c1-4-31-13-21-29-22(17-12-15(14(2)3)7-9-19(17)26)16-8-10-20(28-24(16)30-21)23-18(25)6-5-11-27-23/h5-12,14H,4,13,26H2,1-3H3. The molecule has 3 aromatic heterocycles. The van der Waals surface area contributed by atoms with E-state index >= 15 is 0 Å². The van der Waals surface area contributed by atoms with Gasteiger partial charge in [0, 0.05) is 29.4 Å². The summed E-state index contributed by atoms with van der Waals surface area (Å²) in [6, 6.07) is 13.5. The van der Waals surface area contributed by atoms with Crippen LogP contribution in [0.25, 0.3) is 33.7 Å². The first-order valence-corrected chi connectivity index (χ1v) is 10.6. The number of hydrogen-bond donors (Lipinski definition) is 1. The lowest BCUT2D eigenvalue weighted by Gasteiger charge is -2.14. The van der Waals surface area contributed by atoms with Gasteiger partial charge in [-0.05, 0) is 54.8 Å².